The Balaban J connectivity index is 1.76. The maximum absolute atomic E-state index is 13.1. The quantitative estimate of drug-likeness (QED) is 0.543. The summed E-state index contributed by atoms with van der Waals surface area (Å²) in [4.78, 5) is 22.1. The van der Waals surface area contributed by atoms with Crippen LogP contribution in [-0.2, 0) is 23.8 Å². The van der Waals surface area contributed by atoms with E-state index in [9.17, 15) is 22.4 Å². The number of pyridine rings is 2. The molecule has 0 spiro atoms. The van der Waals surface area contributed by atoms with Crippen molar-refractivity contribution < 1.29 is 22.4 Å². The number of carbonyl (C=O) groups excluding carboxylic acids is 1. The maximum atomic E-state index is 13.1. The zero-order valence-corrected chi connectivity index (χ0v) is 16.2. The van der Waals surface area contributed by atoms with Crippen molar-refractivity contribution in [3.05, 3.63) is 89.3 Å². The molecule has 0 unspecified atom stereocenters. The third-order valence-electron chi connectivity index (χ3n) is 4.52. The van der Waals surface area contributed by atoms with Gasteiger partial charge in [0.05, 0.1) is 18.3 Å². The lowest BCUT2D eigenvalue weighted by molar-refractivity contribution is -0.141. The van der Waals surface area contributed by atoms with Gasteiger partial charge < -0.3 is 4.90 Å². The molecule has 0 fully saturated rings. The van der Waals surface area contributed by atoms with E-state index in [1.165, 1.54) is 29.3 Å². The third kappa shape index (κ3) is 5.62. The van der Waals surface area contributed by atoms with Crippen LogP contribution in [0.15, 0.2) is 60.9 Å². The average molecular weight is 417 g/mol. The molecule has 2 heterocycles. The normalized spacial score (nSPS) is 11.4. The molecule has 8 heteroatoms. The number of carbonyl (C=O) groups is 1. The van der Waals surface area contributed by atoms with Gasteiger partial charge in [-0.2, -0.15) is 13.2 Å². The Bertz CT molecular complexity index is 985. The highest BCUT2D eigenvalue weighted by Gasteiger charge is 2.32. The summed E-state index contributed by atoms with van der Waals surface area (Å²) < 4.78 is 51.2. The largest absolute Gasteiger partial charge is 0.433 e. The van der Waals surface area contributed by atoms with Gasteiger partial charge in [-0.05, 0) is 54.8 Å². The average Bonchev–Trinajstić information content (AvgIpc) is 2.71. The zero-order valence-electron chi connectivity index (χ0n) is 16.2. The van der Waals surface area contributed by atoms with Gasteiger partial charge in [-0.25, -0.2) is 4.39 Å². The van der Waals surface area contributed by atoms with E-state index < -0.39 is 11.9 Å². The molecule has 0 radical (unpaired) electrons. The van der Waals surface area contributed by atoms with Gasteiger partial charge in [-0.15, -0.1) is 0 Å². The summed E-state index contributed by atoms with van der Waals surface area (Å²) in [7, 11) is 0. The van der Waals surface area contributed by atoms with Crippen molar-refractivity contribution in [3.63, 3.8) is 0 Å². The smallest absolute Gasteiger partial charge is 0.310 e. The van der Waals surface area contributed by atoms with Crippen LogP contribution in [0, 0.1) is 12.7 Å². The van der Waals surface area contributed by atoms with Crippen LogP contribution in [0.3, 0.4) is 0 Å². The molecular weight excluding hydrogens is 398 g/mol. The molecule has 156 valence electrons. The fraction of sp³-hybridized carbons (Fsp3) is 0.227. The van der Waals surface area contributed by atoms with Crippen molar-refractivity contribution in [3.8, 4) is 0 Å². The van der Waals surface area contributed by atoms with Gasteiger partial charge in [0.15, 0.2) is 0 Å². The lowest BCUT2D eigenvalue weighted by Gasteiger charge is -2.23. The van der Waals surface area contributed by atoms with E-state index in [1.54, 1.807) is 30.5 Å². The van der Waals surface area contributed by atoms with Gasteiger partial charge in [0.25, 0.3) is 0 Å². The Kier molecular flexibility index (Phi) is 6.44. The van der Waals surface area contributed by atoms with Gasteiger partial charge in [0.1, 0.15) is 11.5 Å². The number of aryl methyl sites for hydroxylation is 1. The lowest BCUT2D eigenvalue weighted by Crippen LogP contribution is -2.34. The molecule has 0 saturated carbocycles. The molecule has 0 N–H and O–H groups in total. The van der Waals surface area contributed by atoms with Gasteiger partial charge in [-0.3, -0.25) is 14.8 Å². The van der Waals surface area contributed by atoms with Crippen molar-refractivity contribution in [2.45, 2.75) is 25.9 Å². The molecule has 1 aromatic carbocycles. The summed E-state index contributed by atoms with van der Waals surface area (Å²) in [5, 5.41) is 0. The van der Waals surface area contributed by atoms with E-state index in [1.807, 2.05) is 6.92 Å². The summed E-state index contributed by atoms with van der Waals surface area (Å²) in [6.07, 6.45) is -1.39. The minimum Gasteiger partial charge on any atom is -0.310 e. The number of amides is 1. The van der Waals surface area contributed by atoms with Gasteiger partial charge in [0, 0.05) is 18.4 Å². The number of halogens is 4. The second-order valence-electron chi connectivity index (χ2n) is 6.81. The molecular formula is C22H19F4N3O. The van der Waals surface area contributed by atoms with E-state index >= 15 is 0 Å². The van der Waals surface area contributed by atoms with E-state index in [0.29, 0.717) is 23.2 Å². The Hall–Kier alpha value is -3.29. The zero-order chi connectivity index (χ0) is 21.7. The number of alkyl halides is 3. The van der Waals surface area contributed by atoms with Gasteiger partial charge in [-0.1, -0.05) is 18.2 Å². The van der Waals surface area contributed by atoms with Crippen LogP contribution in [-0.4, -0.2) is 22.4 Å². The molecule has 0 saturated heterocycles. The van der Waals surface area contributed by atoms with Crippen LogP contribution >= 0.6 is 0 Å². The van der Waals surface area contributed by atoms with Crippen LogP contribution in [0.4, 0.5) is 23.2 Å². The molecule has 30 heavy (non-hydrogen) atoms. The molecule has 2 aromatic heterocycles. The number of rotatable bonds is 6. The summed E-state index contributed by atoms with van der Waals surface area (Å²) in [6, 6.07) is 11.5. The summed E-state index contributed by atoms with van der Waals surface area (Å²) >= 11 is 0. The predicted octanol–water partition coefficient (Wildman–Crippen LogP) is 4.76. The molecule has 3 aromatic rings. The number of aromatic nitrogens is 2. The third-order valence-corrected chi connectivity index (χ3v) is 4.52. The number of hydrogen-bond acceptors (Lipinski definition) is 3. The molecule has 0 aliphatic carbocycles. The number of benzene rings is 1. The molecule has 1 amide bonds. The number of hydrogen-bond donors (Lipinski definition) is 0. The highest BCUT2D eigenvalue weighted by Crippen LogP contribution is 2.27. The SMILES string of the molecule is Cc1ccc(N(CCc2ccc(C(F)(F)F)nc2)C(=O)Cc2ccc(F)cc2)cn1. The first-order valence-corrected chi connectivity index (χ1v) is 9.22. The standard InChI is InChI=1S/C22H19F4N3O/c1-15-2-8-19(14-27-15)29(21(30)12-16-3-6-18(23)7-4-16)11-10-17-5-9-20(28-13-17)22(24,25)26/h2-9,13-14H,10-12H2,1H3. The molecule has 4 nitrogen and oxygen atoms in total. The number of anilines is 1. The van der Waals surface area contributed by atoms with Crippen molar-refractivity contribution in [2.75, 3.05) is 11.4 Å². The first-order chi connectivity index (χ1) is 14.2. The van der Waals surface area contributed by atoms with E-state index in [0.717, 1.165) is 11.8 Å². The van der Waals surface area contributed by atoms with Crippen molar-refractivity contribution in [2.24, 2.45) is 0 Å². The monoisotopic (exact) mass is 417 g/mol. The van der Waals surface area contributed by atoms with Crippen molar-refractivity contribution in [1.29, 1.82) is 0 Å². The van der Waals surface area contributed by atoms with Gasteiger partial charge >= 0.3 is 6.18 Å². The highest BCUT2D eigenvalue weighted by molar-refractivity contribution is 5.94. The molecule has 0 aliphatic rings. The Morgan fingerprint density at radius 2 is 1.63 bits per heavy atom. The van der Waals surface area contributed by atoms with Crippen LogP contribution in [0.5, 0.6) is 0 Å². The topological polar surface area (TPSA) is 46.1 Å². The fourth-order valence-corrected chi connectivity index (χ4v) is 2.87. The van der Waals surface area contributed by atoms with Crippen LogP contribution in [0.1, 0.15) is 22.5 Å². The highest BCUT2D eigenvalue weighted by atomic mass is 19.4. The van der Waals surface area contributed by atoms with Gasteiger partial charge in [0.2, 0.25) is 5.91 Å². The minimum atomic E-state index is -4.50. The first-order valence-electron chi connectivity index (χ1n) is 9.22. The molecule has 3 rings (SSSR count). The van der Waals surface area contributed by atoms with Crippen LogP contribution < -0.4 is 4.90 Å². The summed E-state index contributed by atoms with van der Waals surface area (Å²) in [5.74, 6) is -0.618. The minimum absolute atomic E-state index is 0.0550. The Morgan fingerprint density at radius 1 is 0.933 bits per heavy atom. The first kappa shape index (κ1) is 21.4. The second kappa shape index (κ2) is 9.02. The predicted molar refractivity (Wildman–Crippen MR) is 104 cm³/mol. The van der Waals surface area contributed by atoms with E-state index in [4.69, 9.17) is 0 Å². The fourth-order valence-electron chi connectivity index (χ4n) is 2.87. The van der Waals surface area contributed by atoms with Crippen molar-refractivity contribution in [1.82, 2.24) is 9.97 Å². The van der Waals surface area contributed by atoms with Crippen LogP contribution in [0.25, 0.3) is 0 Å². The molecule has 0 atom stereocenters. The summed E-state index contributed by atoms with van der Waals surface area (Å²) in [5.41, 5.74) is 1.63. The van der Waals surface area contributed by atoms with E-state index in [-0.39, 0.29) is 24.7 Å². The second-order valence-corrected chi connectivity index (χ2v) is 6.81. The maximum Gasteiger partial charge on any atom is 0.433 e. The molecule has 0 aliphatic heterocycles. The molecule has 0 bridgehead atoms. The van der Waals surface area contributed by atoms with Crippen molar-refractivity contribution >= 4 is 11.6 Å². The Labute approximate surface area is 171 Å². The number of nitrogens with zero attached hydrogens (tertiary/aromatic N) is 3. The Morgan fingerprint density at radius 3 is 2.20 bits per heavy atom. The lowest BCUT2D eigenvalue weighted by atomic mass is 10.1. The van der Waals surface area contributed by atoms with E-state index in [2.05, 4.69) is 9.97 Å². The van der Waals surface area contributed by atoms with Crippen LogP contribution in [0.2, 0.25) is 0 Å². The summed E-state index contributed by atoms with van der Waals surface area (Å²) in [6.45, 7) is 2.06.